The van der Waals surface area contributed by atoms with Crippen LogP contribution in [0.25, 0.3) is 0 Å². The summed E-state index contributed by atoms with van der Waals surface area (Å²) in [5.41, 5.74) is 0.966. The molecule has 0 aliphatic carbocycles. The monoisotopic (exact) mass is 349 g/mol. The maximum atomic E-state index is 12.2. The zero-order valence-corrected chi connectivity index (χ0v) is 15.2. The largest absolute Gasteiger partial charge is 0.468 e. The highest BCUT2D eigenvalue weighted by atomic mass is 16.5. The van der Waals surface area contributed by atoms with E-state index in [1.807, 2.05) is 51.1 Å². The third kappa shape index (κ3) is 7.69. The van der Waals surface area contributed by atoms with Crippen molar-refractivity contribution in [1.29, 1.82) is 0 Å². The summed E-state index contributed by atoms with van der Waals surface area (Å²) < 4.78 is 4.49. The van der Waals surface area contributed by atoms with Gasteiger partial charge in [0.2, 0.25) is 5.91 Å². The number of rotatable bonds is 8. The number of hydrogen-bond acceptors (Lipinski definition) is 4. The van der Waals surface area contributed by atoms with Gasteiger partial charge in [0.15, 0.2) is 0 Å². The van der Waals surface area contributed by atoms with E-state index < -0.39 is 23.9 Å². The molecule has 0 aliphatic rings. The lowest BCUT2D eigenvalue weighted by Gasteiger charge is -2.22. The van der Waals surface area contributed by atoms with Gasteiger partial charge in [-0.15, -0.1) is 0 Å². The first-order chi connectivity index (χ1) is 11.8. The minimum atomic E-state index is -0.729. The fraction of sp³-hybridized carbons (Fsp3) is 0.500. The predicted molar refractivity (Wildman–Crippen MR) is 94.8 cm³/mol. The second-order valence-electron chi connectivity index (χ2n) is 6.23. The molecule has 0 saturated carbocycles. The molecule has 0 aromatic heterocycles. The molecule has 7 heteroatoms. The van der Waals surface area contributed by atoms with Gasteiger partial charge in [-0.3, -0.25) is 9.59 Å². The normalized spacial score (nSPS) is 12.8. The Labute approximate surface area is 148 Å². The van der Waals surface area contributed by atoms with Gasteiger partial charge in [-0.05, 0) is 24.8 Å². The molecular formula is C18H27N3O4. The lowest BCUT2D eigenvalue weighted by molar-refractivity contribution is -0.141. The van der Waals surface area contributed by atoms with Gasteiger partial charge < -0.3 is 20.7 Å². The van der Waals surface area contributed by atoms with Gasteiger partial charge in [0, 0.05) is 0 Å². The number of methoxy groups -OCH3 is 1. The summed E-state index contributed by atoms with van der Waals surface area (Å²) in [5.74, 6) is -0.763. The number of amides is 3. The van der Waals surface area contributed by atoms with Gasteiger partial charge in [-0.1, -0.05) is 44.2 Å². The number of carbonyl (C=O) groups is 3. The van der Waals surface area contributed by atoms with Crippen LogP contribution in [0.5, 0.6) is 0 Å². The van der Waals surface area contributed by atoms with E-state index in [1.165, 1.54) is 7.11 Å². The Morgan fingerprint density at radius 3 is 2.24 bits per heavy atom. The summed E-state index contributed by atoms with van der Waals surface area (Å²) in [4.78, 5) is 35.6. The van der Waals surface area contributed by atoms with Crippen molar-refractivity contribution in [3.05, 3.63) is 35.9 Å². The predicted octanol–water partition coefficient (Wildman–Crippen LogP) is 1.75. The molecule has 2 atom stereocenters. The van der Waals surface area contributed by atoms with E-state index in [0.29, 0.717) is 6.42 Å². The number of benzene rings is 1. The molecule has 1 aromatic carbocycles. The highest BCUT2D eigenvalue weighted by Gasteiger charge is 2.23. The van der Waals surface area contributed by atoms with E-state index in [1.54, 1.807) is 0 Å². The second-order valence-corrected chi connectivity index (χ2v) is 6.23. The SMILES string of the molecule is COC(=O)CNC(=O)[C@H](CC(C)C)NC(=O)N[C@H](C)c1ccccc1. The van der Waals surface area contributed by atoms with Crippen LogP contribution in [0.1, 0.15) is 38.8 Å². The van der Waals surface area contributed by atoms with E-state index in [4.69, 9.17) is 0 Å². The molecule has 3 amide bonds. The van der Waals surface area contributed by atoms with E-state index >= 15 is 0 Å². The van der Waals surface area contributed by atoms with Crippen LogP contribution < -0.4 is 16.0 Å². The third-order valence-corrected chi connectivity index (χ3v) is 3.61. The van der Waals surface area contributed by atoms with Crippen molar-refractivity contribution in [2.45, 2.75) is 39.3 Å². The zero-order valence-electron chi connectivity index (χ0n) is 15.2. The maximum absolute atomic E-state index is 12.2. The van der Waals surface area contributed by atoms with Crippen molar-refractivity contribution in [1.82, 2.24) is 16.0 Å². The van der Waals surface area contributed by atoms with Crippen LogP contribution in [0.3, 0.4) is 0 Å². The van der Waals surface area contributed by atoms with Crippen molar-refractivity contribution in [2.24, 2.45) is 5.92 Å². The number of carbonyl (C=O) groups excluding carboxylic acids is 3. The number of hydrogen-bond donors (Lipinski definition) is 3. The number of urea groups is 1. The Morgan fingerprint density at radius 2 is 1.68 bits per heavy atom. The molecule has 25 heavy (non-hydrogen) atoms. The summed E-state index contributed by atoms with van der Waals surface area (Å²) in [5, 5.41) is 7.96. The van der Waals surface area contributed by atoms with Crippen LogP contribution in [0, 0.1) is 5.92 Å². The Hall–Kier alpha value is -2.57. The van der Waals surface area contributed by atoms with Crippen molar-refractivity contribution < 1.29 is 19.1 Å². The third-order valence-electron chi connectivity index (χ3n) is 3.61. The Bertz CT molecular complexity index is 575. The summed E-state index contributed by atoms with van der Waals surface area (Å²) in [6.45, 7) is 5.54. The second kappa shape index (κ2) is 10.3. The van der Waals surface area contributed by atoms with Gasteiger partial charge >= 0.3 is 12.0 Å². The van der Waals surface area contributed by atoms with Crippen LogP contribution in [-0.2, 0) is 14.3 Å². The van der Waals surface area contributed by atoms with Crippen molar-refractivity contribution >= 4 is 17.9 Å². The van der Waals surface area contributed by atoms with Crippen LogP contribution in [0.15, 0.2) is 30.3 Å². The van der Waals surface area contributed by atoms with E-state index in [2.05, 4.69) is 20.7 Å². The molecule has 7 nitrogen and oxygen atoms in total. The fourth-order valence-electron chi connectivity index (χ4n) is 2.28. The molecule has 0 radical (unpaired) electrons. The molecule has 0 unspecified atom stereocenters. The first-order valence-corrected chi connectivity index (χ1v) is 8.30. The van der Waals surface area contributed by atoms with Crippen LogP contribution in [-0.4, -0.2) is 37.6 Å². The Balaban J connectivity index is 2.62. The van der Waals surface area contributed by atoms with Gasteiger partial charge in [0.25, 0.3) is 0 Å². The van der Waals surface area contributed by atoms with E-state index in [9.17, 15) is 14.4 Å². The highest BCUT2D eigenvalue weighted by Crippen LogP contribution is 2.11. The van der Waals surface area contributed by atoms with Crippen LogP contribution in [0.4, 0.5) is 4.79 Å². The number of nitrogens with one attached hydrogen (secondary N) is 3. The molecule has 0 bridgehead atoms. The van der Waals surface area contributed by atoms with Crippen molar-refractivity contribution in [3.63, 3.8) is 0 Å². The first kappa shape index (κ1) is 20.5. The number of ether oxygens (including phenoxy) is 1. The minimum absolute atomic E-state index is 0.195. The lowest BCUT2D eigenvalue weighted by atomic mass is 10.0. The molecule has 1 rings (SSSR count). The Kier molecular flexibility index (Phi) is 8.46. The van der Waals surface area contributed by atoms with Gasteiger partial charge in [0.05, 0.1) is 13.2 Å². The lowest BCUT2D eigenvalue weighted by Crippen LogP contribution is -2.51. The molecule has 0 aliphatic heterocycles. The maximum Gasteiger partial charge on any atom is 0.325 e. The molecule has 0 saturated heterocycles. The van der Waals surface area contributed by atoms with Crippen LogP contribution in [0.2, 0.25) is 0 Å². The average Bonchev–Trinajstić information content (AvgIpc) is 2.58. The van der Waals surface area contributed by atoms with E-state index in [0.717, 1.165) is 5.56 Å². The topological polar surface area (TPSA) is 96.5 Å². The first-order valence-electron chi connectivity index (χ1n) is 8.30. The molecular weight excluding hydrogens is 322 g/mol. The quantitative estimate of drug-likeness (QED) is 0.623. The molecule has 0 fully saturated rings. The smallest absolute Gasteiger partial charge is 0.325 e. The van der Waals surface area contributed by atoms with Crippen molar-refractivity contribution in [2.75, 3.05) is 13.7 Å². The molecule has 3 N–H and O–H groups in total. The molecule has 0 heterocycles. The summed E-state index contributed by atoms with van der Waals surface area (Å²) >= 11 is 0. The Morgan fingerprint density at radius 1 is 1.04 bits per heavy atom. The summed E-state index contributed by atoms with van der Waals surface area (Å²) in [6, 6.07) is 8.17. The molecule has 1 aromatic rings. The summed E-state index contributed by atoms with van der Waals surface area (Å²) in [7, 11) is 1.25. The minimum Gasteiger partial charge on any atom is -0.468 e. The standard InChI is InChI=1S/C18H27N3O4/c1-12(2)10-15(17(23)19-11-16(22)25-4)21-18(24)20-13(3)14-8-6-5-7-9-14/h5-9,12-13,15H,10-11H2,1-4H3,(H,19,23)(H2,20,21,24)/t13-,15+/m1/s1. The van der Waals surface area contributed by atoms with Gasteiger partial charge in [-0.25, -0.2) is 4.79 Å². The van der Waals surface area contributed by atoms with E-state index in [-0.39, 0.29) is 18.5 Å². The fourth-order valence-corrected chi connectivity index (χ4v) is 2.28. The van der Waals surface area contributed by atoms with Crippen molar-refractivity contribution in [3.8, 4) is 0 Å². The van der Waals surface area contributed by atoms with Gasteiger partial charge in [-0.2, -0.15) is 0 Å². The molecule has 0 spiro atoms. The number of esters is 1. The van der Waals surface area contributed by atoms with Gasteiger partial charge in [0.1, 0.15) is 12.6 Å². The zero-order chi connectivity index (χ0) is 18.8. The van der Waals surface area contributed by atoms with Crippen LogP contribution >= 0.6 is 0 Å². The highest BCUT2D eigenvalue weighted by molar-refractivity contribution is 5.89. The average molecular weight is 349 g/mol. The summed E-state index contributed by atoms with van der Waals surface area (Å²) in [6.07, 6.45) is 0.458. The molecule has 138 valence electrons.